The van der Waals surface area contributed by atoms with Crippen molar-refractivity contribution in [3.8, 4) is 17.8 Å². The molecule has 62 valence electrons. The van der Waals surface area contributed by atoms with Gasteiger partial charge in [0.05, 0.1) is 0 Å². The van der Waals surface area contributed by atoms with Crippen molar-refractivity contribution in [3.63, 3.8) is 0 Å². The molecule has 2 nitrogen and oxygen atoms in total. The molecule has 1 aromatic rings. The van der Waals surface area contributed by atoms with Gasteiger partial charge in [0.25, 0.3) is 0 Å². The van der Waals surface area contributed by atoms with Gasteiger partial charge < -0.3 is 10.5 Å². The van der Waals surface area contributed by atoms with Crippen LogP contribution in [-0.2, 0) is 6.54 Å². The zero-order valence-corrected chi connectivity index (χ0v) is 7.00. The zero-order chi connectivity index (χ0) is 8.81. The lowest BCUT2D eigenvalue weighted by molar-refractivity contribution is 0.519. The second-order valence-electron chi connectivity index (χ2n) is 2.30. The Morgan fingerprint density at radius 2 is 2.00 bits per heavy atom. The summed E-state index contributed by atoms with van der Waals surface area (Å²) >= 11 is 0. The highest BCUT2D eigenvalue weighted by Gasteiger charge is 1.91. The van der Waals surface area contributed by atoms with Gasteiger partial charge in [-0.1, -0.05) is 18.1 Å². The first-order chi connectivity index (χ1) is 5.86. The van der Waals surface area contributed by atoms with E-state index in [1.165, 1.54) is 0 Å². The molecule has 0 atom stereocenters. The van der Waals surface area contributed by atoms with Gasteiger partial charge in [0.1, 0.15) is 11.9 Å². The van der Waals surface area contributed by atoms with Crippen LogP contribution in [0.15, 0.2) is 24.3 Å². The molecule has 0 spiro atoms. The Morgan fingerprint density at radius 1 is 1.33 bits per heavy atom. The summed E-state index contributed by atoms with van der Waals surface area (Å²) < 4.78 is 5.05. The van der Waals surface area contributed by atoms with Crippen LogP contribution in [0.2, 0.25) is 0 Å². The smallest absolute Gasteiger partial charge is 0.140 e. The van der Waals surface area contributed by atoms with Crippen LogP contribution in [-0.4, -0.2) is 0 Å². The summed E-state index contributed by atoms with van der Waals surface area (Å²) in [4.78, 5) is 0. The van der Waals surface area contributed by atoms with Crippen LogP contribution in [0.3, 0.4) is 0 Å². The Bertz CT molecular complexity index is 292. The van der Waals surface area contributed by atoms with Gasteiger partial charge >= 0.3 is 0 Å². The lowest BCUT2D eigenvalue weighted by Gasteiger charge is -1.98. The van der Waals surface area contributed by atoms with Crippen LogP contribution in [0.25, 0.3) is 0 Å². The van der Waals surface area contributed by atoms with Crippen molar-refractivity contribution < 1.29 is 4.74 Å². The number of ether oxygens (including phenoxy) is 1. The first-order valence-corrected chi connectivity index (χ1v) is 3.74. The van der Waals surface area contributed by atoms with Crippen LogP contribution >= 0.6 is 0 Å². The summed E-state index contributed by atoms with van der Waals surface area (Å²) in [6.07, 6.45) is 2.52. The van der Waals surface area contributed by atoms with Gasteiger partial charge in [0, 0.05) is 13.5 Å². The van der Waals surface area contributed by atoms with E-state index in [1.54, 1.807) is 6.92 Å². The molecule has 0 amide bonds. The third kappa shape index (κ3) is 2.30. The summed E-state index contributed by atoms with van der Waals surface area (Å²) in [6, 6.07) is 7.55. The van der Waals surface area contributed by atoms with Crippen LogP contribution < -0.4 is 10.5 Å². The molecule has 0 saturated heterocycles. The minimum absolute atomic E-state index is 0.555. The molecule has 12 heavy (non-hydrogen) atoms. The quantitative estimate of drug-likeness (QED) is 0.667. The molecule has 0 aliphatic rings. The molecular weight excluding hydrogens is 150 g/mol. The maximum absolute atomic E-state index is 5.43. The van der Waals surface area contributed by atoms with E-state index >= 15 is 0 Å². The predicted octanol–water partition coefficient (Wildman–Crippen LogP) is 1.50. The van der Waals surface area contributed by atoms with Gasteiger partial charge in [0.2, 0.25) is 0 Å². The molecule has 0 unspecified atom stereocenters. The van der Waals surface area contributed by atoms with E-state index in [4.69, 9.17) is 10.5 Å². The minimum atomic E-state index is 0.555. The standard InChI is InChI=1S/C10H11NO/c1-2-7-12-10-5-3-9(8-11)4-6-10/h3-6H,8,11H2,1H3. The average molecular weight is 161 g/mol. The van der Waals surface area contributed by atoms with Gasteiger partial charge in [0.15, 0.2) is 0 Å². The number of benzene rings is 1. The summed E-state index contributed by atoms with van der Waals surface area (Å²) in [5, 5.41) is 0. The number of nitrogens with two attached hydrogens (primary N) is 1. The highest BCUT2D eigenvalue weighted by Crippen LogP contribution is 2.10. The fraction of sp³-hybridized carbons (Fsp3) is 0.200. The monoisotopic (exact) mass is 161 g/mol. The van der Waals surface area contributed by atoms with Crippen molar-refractivity contribution in [2.75, 3.05) is 0 Å². The van der Waals surface area contributed by atoms with Crippen molar-refractivity contribution in [1.29, 1.82) is 0 Å². The molecule has 2 N–H and O–H groups in total. The summed E-state index contributed by atoms with van der Waals surface area (Å²) in [6.45, 7) is 2.29. The van der Waals surface area contributed by atoms with E-state index in [-0.39, 0.29) is 0 Å². The second kappa shape index (κ2) is 4.42. The Hall–Kier alpha value is -1.46. The zero-order valence-electron chi connectivity index (χ0n) is 7.00. The molecule has 0 aliphatic heterocycles. The van der Waals surface area contributed by atoms with Gasteiger partial charge in [-0.05, 0) is 17.7 Å². The number of rotatable bonds is 2. The summed E-state index contributed by atoms with van der Waals surface area (Å²) in [5.74, 6) is 3.40. The molecule has 0 radical (unpaired) electrons. The SMILES string of the molecule is CC#COc1ccc(CN)cc1. The Balaban J connectivity index is 2.69. The van der Waals surface area contributed by atoms with Crippen molar-refractivity contribution in [3.05, 3.63) is 29.8 Å². The predicted molar refractivity (Wildman–Crippen MR) is 48.4 cm³/mol. The topological polar surface area (TPSA) is 35.2 Å². The Morgan fingerprint density at radius 3 is 2.50 bits per heavy atom. The molecule has 2 heteroatoms. The lowest BCUT2D eigenvalue weighted by atomic mass is 10.2. The summed E-state index contributed by atoms with van der Waals surface area (Å²) in [7, 11) is 0. The minimum Gasteiger partial charge on any atom is -0.408 e. The third-order valence-corrected chi connectivity index (χ3v) is 1.43. The third-order valence-electron chi connectivity index (χ3n) is 1.43. The normalized spacial score (nSPS) is 8.50. The molecule has 0 heterocycles. The van der Waals surface area contributed by atoms with Crippen LogP contribution in [0.5, 0.6) is 5.75 Å². The first-order valence-electron chi connectivity index (χ1n) is 3.74. The molecule has 1 rings (SSSR count). The average Bonchev–Trinajstić information content (AvgIpc) is 2.15. The van der Waals surface area contributed by atoms with E-state index in [9.17, 15) is 0 Å². The van der Waals surface area contributed by atoms with Gasteiger partial charge in [-0.2, -0.15) is 0 Å². The molecule has 0 fully saturated rings. The Kier molecular flexibility index (Phi) is 3.18. The molecule has 1 aromatic carbocycles. The van der Waals surface area contributed by atoms with E-state index < -0.39 is 0 Å². The van der Waals surface area contributed by atoms with Crippen molar-refractivity contribution >= 4 is 0 Å². The molecule has 0 bridgehead atoms. The maximum Gasteiger partial charge on any atom is 0.140 e. The highest BCUT2D eigenvalue weighted by atomic mass is 16.5. The molecular formula is C10H11NO. The van der Waals surface area contributed by atoms with Crippen molar-refractivity contribution in [2.45, 2.75) is 13.5 Å². The number of hydrogen-bond donors (Lipinski definition) is 1. The highest BCUT2D eigenvalue weighted by molar-refractivity contribution is 5.28. The lowest BCUT2D eigenvalue weighted by Crippen LogP contribution is -1.95. The van der Waals surface area contributed by atoms with Gasteiger partial charge in [-0.25, -0.2) is 0 Å². The molecule has 0 aliphatic carbocycles. The molecule has 0 saturated carbocycles. The van der Waals surface area contributed by atoms with E-state index in [0.717, 1.165) is 11.3 Å². The largest absolute Gasteiger partial charge is 0.408 e. The van der Waals surface area contributed by atoms with Crippen molar-refractivity contribution in [2.24, 2.45) is 5.73 Å². The van der Waals surface area contributed by atoms with Crippen LogP contribution in [0.1, 0.15) is 12.5 Å². The maximum atomic E-state index is 5.43. The molecule has 0 aromatic heterocycles. The van der Waals surface area contributed by atoms with Crippen LogP contribution in [0.4, 0.5) is 0 Å². The van der Waals surface area contributed by atoms with Crippen LogP contribution in [0, 0.1) is 12.0 Å². The number of hydrogen-bond acceptors (Lipinski definition) is 2. The van der Waals surface area contributed by atoms with E-state index in [1.807, 2.05) is 24.3 Å². The fourth-order valence-electron chi connectivity index (χ4n) is 0.804. The van der Waals surface area contributed by atoms with E-state index in [2.05, 4.69) is 12.0 Å². The summed E-state index contributed by atoms with van der Waals surface area (Å²) in [5.41, 5.74) is 6.52. The van der Waals surface area contributed by atoms with E-state index in [0.29, 0.717) is 6.54 Å². The van der Waals surface area contributed by atoms with Crippen molar-refractivity contribution in [1.82, 2.24) is 0 Å². The first kappa shape index (κ1) is 8.63. The van der Waals surface area contributed by atoms with Gasteiger partial charge in [-0.3, -0.25) is 0 Å². The Labute approximate surface area is 72.3 Å². The fourth-order valence-corrected chi connectivity index (χ4v) is 0.804. The van der Waals surface area contributed by atoms with Gasteiger partial charge in [-0.15, -0.1) is 0 Å². The second-order valence-corrected chi connectivity index (χ2v) is 2.30.